The zero-order valence-electron chi connectivity index (χ0n) is 11.8. The summed E-state index contributed by atoms with van der Waals surface area (Å²) in [6.45, 7) is 1.61. The molecule has 1 aliphatic heterocycles. The fraction of sp³-hybridized carbons (Fsp3) is 0.125. The summed E-state index contributed by atoms with van der Waals surface area (Å²) >= 11 is 0. The molecule has 0 saturated heterocycles. The van der Waals surface area contributed by atoms with Crippen molar-refractivity contribution in [2.45, 2.75) is 12.7 Å². The van der Waals surface area contributed by atoms with Gasteiger partial charge in [0.25, 0.3) is 0 Å². The van der Waals surface area contributed by atoms with Gasteiger partial charge in [0.1, 0.15) is 0 Å². The maximum absolute atomic E-state index is 10.7. The Morgan fingerprint density at radius 1 is 1.05 bits per heavy atom. The molecule has 1 heterocycles. The molecule has 0 spiro atoms. The van der Waals surface area contributed by atoms with Crippen molar-refractivity contribution in [2.24, 2.45) is 9.98 Å². The smallest absolute Gasteiger partial charge is 0.408 e. The van der Waals surface area contributed by atoms with Gasteiger partial charge in [-0.25, -0.2) is 14.8 Å². The van der Waals surface area contributed by atoms with Crippen molar-refractivity contribution in [2.75, 3.05) is 0 Å². The Morgan fingerprint density at radius 2 is 1.59 bits per heavy atom. The number of carbonyl (C=O) groups is 2. The Balaban J connectivity index is 0.000000151. The standard InChI is InChI=1S/C9H9N3O2.C7H4O/c1-9(12-8(13)14)10-6-4-2-3-5-7(6)11-9;8-7-5-2-1-3-6(7)4-5/h2-5,12H,1H3,(H,13,14);1-4H. The van der Waals surface area contributed by atoms with Crippen LogP contribution in [0, 0.1) is 0 Å². The zero-order valence-corrected chi connectivity index (χ0v) is 11.8. The number of nitrogens with zero attached hydrogens (tertiary/aromatic N) is 2. The molecule has 5 rings (SSSR count). The van der Waals surface area contributed by atoms with Crippen LogP contribution in [0.1, 0.15) is 22.8 Å². The monoisotopic (exact) mass is 295 g/mol. The molecule has 2 bridgehead atoms. The quantitative estimate of drug-likeness (QED) is 0.704. The number of carboxylic acid groups (broad SMARTS) is 1. The molecule has 2 N–H and O–H groups in total. The van der Waals surface area contributed by atoms with Gasteiger partial charge in [-0.2, -0.15) is 0 Å². The van der Waals surface area contributed by atoms with Gasteiger partial charge in [0, 0.05) is 18.1 Å². The lowest BCUT2D eigenvalue weighted by molar-refractivity contribution is 0.102. The van der Waals surface area contributed by atoms with Crippen LogP contribution in [0.15, 0.2) is 58.5 Å². The molecule has 0 saturated carbocycles. The van der Waals surface area contributed by atoms with Crippen molar-refractivity contribution < 1.29 is 14.7 Å². The minimum absolute atomic E-state index is 0.201. The van der Waals surface area contributed by atoms with Crippen molar-refractivity contribution in [3.05, 3.63) is 70.4 Å². The first-order chi connectivity index (χ1) is 10.5. The van der Waals surface area contributed by atoms with Crippen molar-refractivity contribution in [3.8, 4) is 0 Å². The van der Waals surface area contributed by atoms with Gasteiger partial charge in [-0.05, 0) is 18.2 Å². The lowest BCUT2D eigenvalue weighted by Gasteiger charge is -2.16. The van der Waals surface area contributed by atoms with Gasteiger partial charge >= 0.3 is 6.09 Å². The number of carbonyl (C=O) groups excluding carboxylic acids is 1. The molecule has 22 heavy (non-hydrogen) atoms. The van der Waals surface area contributed by atoms with E-state index in [0.29, 0.717) is 10.7 Å². The number of para-hydroxylation sites is 2. The number of ketones is 1. The van der Waals surface area contributed by atoms with Crippen LogP contribution in [0.3, 0.4) is 0 Å². The Bertz CT molecular complexity index is 826. The van der Waals surface area contributed by atoms with Crippen LogP contribution in [-0.4, -0.2) is 22.8 Å². The van der Waals surface area contributed by atoms with E-state index < -0.39 is 11.9 Å². The van der Waals surface area contributed by atoms with E-state index in [-0.39, 0.29) is 5.78 Å². The maximum atomic E-state index is 10.7. The molecule has 2 aliphatic carbocycles. The minimum Gasteiger partial charge on any atom is -0.465 e. The van der Waals surface area contributed by atoms with Gasteiger partial charge < -0.3 is 5.11 Å². The van der Waals surface area contributed by atoms with Crippen LogP contribution in [0.2, 0.25) is 0 Å². The highest BCUT2D eigenvalue weighted by molar-refractivity contribution is 6.16. The first-order valence-electron chi connectivity index (χ1n) is 6.67. The first kappa shape index (κ1) is 13.9. The second kappa shape index (κ2) is 5.07. The molecule has 6 nitrogen and oxygen atoms in total. The molecule has 0 radical (unpaired) electrons. The number of hydrogen-bond acceptors (Lipinski definition) is 4. The fourth-order valence-corrected chi connectivity index (χ4v) is 2.30. The average Bonchev–Trinajstić information content (AvgIpc) is 2.82. The first-order valence-corrected chi connectivity index (χ1v) is 6.67. The number of rotatable bonds is 1. The van der Waals surface area contributed by atoms with Crippen LogP contribution in [0.5, 0.6) is 0 Å². The normalized spacial score (nSPS) is 15.2. The summed E-state index contributed by atoms with van der Waals surface area (Å²) in [7, 11) is 0. The van der Waals surface area contributed by atoms with Gasteiger partial charge in [-0.15, -0.1) is 0 Å². The van der Waals surface area contributed by atoms with E-state index in [1.54, 1.807) is 19.1 Å². The number of fused-ring (bicyclic) bond motifs is 3. The van der Waals surface area contributed by atoms with E-state index in [4.69, 9.17) is 5.11 Å². The van der Waals surface area contributed by atoms with Gasteiger partial charge in [0.15, 0.2) is 5.78 Å². The molecule has 0 unspecified atom stereocenters. The molecule has 2 aromatic carbocycles. The van der Waals surface area contributed by atoms with Crippen molar-refractivity contribution >= 4 is 11.9 Å². The van der Waals surface area contributed by atoms with E-state index >= 15 is 0 Å². The molecule has 0 aromatic heterocycles. The molecule has 2 aromatic rings. The van der Waals surface area contributed by atoms with E-state index in [1.165, 1.54) is 0 Å². The van der Waals surface area contributed by atoms with Crippen LogP contribution < -0.4 is 16.0 Å². The highest BCUT2D eigenvalue weighted by Crippen LogP contribution is 2.19. The fourth-order valence-electron chi connectivity index (χ4n) is 2.30. The Labute approximate surface area is 125 Å². The zero-order chi connectivity index (χ0) is 15.7. The molecule has 110 valence electrons. The van der Waals surface area contributed by atoms with Gasteiger partial charge in [-0.1, -0.05) is 30.3 Å². The third-order valence-corrected chi connectivity index (χ3v) is 3.29. The molecule has 6 heteroatoms. The van der Waals surface area contributed by atoms with Gasteiger partial charge in [-0.3, -0.25) is 10.1 Å². The van der Waals surface area contributed by atoms with Crippen molar-refractivity contribution in [1.29, 1.82) is 0 Å². The summed E-state index contributed by atoms with van der Waals surface area (Å²) in [6.07, 6.45) is -1.13. The number of benzene rings is 2. The minimum atomic E-state index is -1.13. The second-order valence-electron chi connectivity index (χ2n) is 5.07. The Kier molecular flexibility index (Phi) is 3.21. The second-order valence-corrected chi connectivity index (χ2v) is 5.07. The molecule has 0 fully saturated rings. The summed E-state index contributed by atoms with van der Waals surface area (Å²) < 4.78 is 0. The summed E-state index contributed by atoms with van der Waals surface area (Å²) in [5, 5.41) is 12.3. The Morgan fingerprint density at radius 3 is 1.95 bits per heavy atom. The molecular weight excluding hydrogens is 282 g/mol. The lowest BCUT2D eigenvalue weighted by Crippen LogP contribution is -2.41. The van der Waals surface area contributed by atoms with E-state index in [2.05, 4.69) is 15.3 Å². The third-order valence-electron chi connectivity index (χ3n) is 3.29. The highest BCUT2D eigenvalue weighted by atomic mass is 16.4. The SMILES string of the molecule is CC1(NC(=O)O)N=c2ccccc2=N1.O=C1c2cccc1c2. The van der Waals surface area contributed by atoms with Crippen LogP contribution in [0.25, 0.3) is 0 Å². The number of nitrogens with one attached hydrogen (secondary N) is 1. The molecular formula is C16H13N3O3. The highest BCUT2D eigenvalue weighted by Gasteiger charge is 2.26. The van der Waals surface area contributed by atoms with Crippen LogP contribution in [0.4, 0.5) is 4.79 Å². The molecule has 3 aliphatic rings. The molecule has 0 atom stereocenters. The third kappa shape index (κ3) is 2.58. The number of hydrogen-bond donors (Lipinski definition) is 2. The van der Waals surface area contributed by atoms with E-state index in [9.17, 15) is 9.59 Å². The van der Waals surface area contributed by atoms with Crippen molar-refractivity contribution in [3.63, 3.8) is 0 Å². The number of amides is 1. The summed E-state index contributed by atoms with van der Waals surface area (Å²) in [5.74, 6) is -0.872. The van der Waals surface area contributed by atoms with Gasteiger partial charge in [0.2, 0.25) is 5.79 Å². The van der Waals surface area contributed by atoms with E-state index in [0.717, 1.165) is 11.1 Å². The van der Waals surface area contributed by atoms with Crippen LogP contribution in [-0.2, 0) is 0 Å². The van der Waals surface area contributed by atoms with Crippen molar-refractivity contribution in [1.82, 2.24) is 5.32 Å². The lowest BCUT2D eigenvalue weighted by atomic mass is 9.92. The van der Waals surface area contributed by atoms with Crippen LogP contribution >= 0.6 is 0 Å². The summed E-state index contributed by atoms with van der Waals surface area (Å²) in [5.41, 5.74) is 1.70. The predicted octanol–water partition coefficient (Wildman–Crippen LogP) is 1.11. The average molecular weight is 295 g/mol. The largest absolute Gasteiger partial charge is 0.465 e. The summed E-state index contributed by atoms with van der Waals surface area (Å²) in [6, 6.07) is 14.7. The topological polar surface area (TPSA) is 91.1 Å². The summed E-state index contributed by atoms with van der Waals surface area (Å²) in [4.78, 5) is 29.5. The van der Waals surface area contributed by atoms with E-state index in [1.807, 2.05) is 36.4 Å². The predicted molar refractivity (Wildman–Crippen MR) is 78.2 cm³/mol. The van der Waals surface area contributed by atoms with Gasteiger partial charge in [0.05, 0.1) is 10.7 Å². The maximum Gasteiger partial charge on any atom is 0.408 e. The Hall–Kier alpha value is -3.02. The molecule has 1 amide bonds.